The maximum Gasteiger partial charge on any atom is 0.308 e. The molecule has 5 rings (SSSR count). The Morgan fingerprint density at radius 2 is 1.95 bits per heavy atom. The standard InChI is InChI=1S/C27H25N5O5S2/c1-2-37-22(33)15-19-24(34)28-11-13-30(19)23-18(25(35)31-12-7-6-10-21(31)29-23)14-20-26(36)32(27(38)39-20)16-17-8-4-3-5-9-17/h3-10,12,14,19H,2,11,13,15-16H2,1H3,(H,28,34)/b20-14+. The highest BCUT2D eigenvalue weighted by Gasteiger charge is 2.36. The highest BCUT2D eigenvalue weighted by Crippen LogP contribution is 2.35. The first-order valence-electron chi connectivity index (χ1n) is 12.4. The van der Waals surface area contributed by atoms with Crippen LogP contribution in [0.3, 0.4) is 0 Å². The van der Waals surface area contributed by atoms with Crippen LogP contribution in [0.4, 0.5) is 5.82 Å². The van der Waals surface area contributed by atoms with Crippen LogP contribution in [0.2, 0.25) is 0 Å². The van der Waals surface area contributed by atoms with Crippen molar-refractivity contribution in [3.8, 4) is 0 Å². The SMILES string of the molecule is CCOC(=O)CC1C(=O)NCCN1c1nc2ccccn2c(=O)c1/C=C1/SC(=S)N(Cc2ccccc2)C1=O. The second-order valence-corrected chi connectivity index (χ2v) is 10.5. The van der Waals surface area contributed by atoms with Crippen LogP contribution in [0.15, 0.2) is 64.4 Å². The van der Waals surface area contributed by atoms with Crippen LogP contribution in [0.25, 0.3) is 11.7 Å². The van der Waals surface area contributed by atoms with Crippen molar-refractivity contribution in [1.29, 1.82) is 0 Å². The van der Waals surface area contributed by atoms with E-state index in [9.17, 15) is 19.2 Å². The zero-order valence-corrected chi connectivity index (χ0v) is 22.7. The number of carbonyl (C=O) groups is 3. The van der Waals surface area contributed by atoms with Gasteiger partial charge in [-0.3, -0.25) is 28.5 Å². The number of hydrogen-bond acceptors (Lipinski definition) is 9. The van der Waals surface area contributed by atoms with Crippen molar-refractivity contribution in [2.24, 2.45) is 0 Å². The Labute approximate surface area is 233 Å². The number of rotatable bonds is 7. The fourth-order valence-electron chi connectivity index (χ4n) is 4.52. The summed E-state index contributed by atoms with van der Waals surface area (Å²) >= 11 is 6.60. The van der Waals surface area contributed by atoms with Gasteiger partial charge in [-0.25, -0.2) is 4.98 Å². The summed E-state index contributed by atoms with van der Waals surface area (Å²) in [7, 11) is 0. The third kappa shape index (κ3) is 5.43. The van der Waals surface area contributed by atoms with E-state index in [0.717, 1.165) is 17.3 Å². The largest absolute Gasteiger partial charge is 0.466 e. The molecular weight excluding hydrogens is 538 g/mol. The summed E-state index contributed by atoms with van der Waals surface area (Å²) in [6.07, 6.45) is 2.86. The summed E-state index contributed by atoms with van der Waals surface area (Å²) < 4.78 is 6.84. The Balaban J connectivity index is 1.59. The van der Waals surface area contributed by atoms with Crippen LogP contribution in [-0.4, -0.2) is 62.1 Å². The van der Waals surface area contributed by atoms with Crippen molar-refractivity contribution in [1.82, 2.24) is 19.6 Å². The van der Waals surface area contributed by atoms with E-state index in [0.29, 0.717) is 29.6 Å². The van der Waals surface area contributed by atoms with Gasteiger partial charge in [0.1, 0.15) is 21.8 Å². The third-order valence-corrected chi connectivity index (χ3v) is 7.73. The zero-order valence-electron chi connectivity index (χ0n) is 21.0. The van der Waals surface area contributed by atoms with Crippen molar-refractivity contribution >= 4 is 63.6 Å². The lowest BCUT2D eigenvalue weighted by molar-refractivity contribution is -0.145. The summed E-state index contributed by atoms with van der Waals surface area (Å²) in [4.78, 5) is 60.5. The number of anilines is 1. The summed E-state index contributed by atoms with van der Waals surface area (Å²) in [5.41, 5.74) is 1.00. The normalized spacial score (nSPS) is 18.6. The lowest BCUT2D eigenvalue weighted by Gasteiger charge is -2.36. The van der Waals surface area contributed by atoms with Gasteiger partial charge in [-0.1, -0.05) is 60.4 Å². The number of benzene rings is 1. The molecule has 0 spiro atoms. The Kier molecular flexibility index (Phi) is 7.75. The lowest BCUT2D eigenvalue weighted by atomic mass is 10.1. The predicted octanol–water partition coefficient (Wildman–Crippen LogP) is 2.35. The first kappa shape index (κ1) is 26.6. The Morgan fingerprint density at radius 1 is 1.18 bits per heavy atom. The number of thioether (sulfide) groups is 1. The molecular formula is C27H25N5O5S2. The highest BCUT2D eigenvalue weighted by molar-refractivity contribution is 8.26. The van der Waals surface area contributed by atoms with Crippen LogP contribution < -0.4 is 15.8 Å². The Bertz CT molecular complexity index is 1560. The van der Waals surface area contributed by atoms with E-state index in [1.807, 2.05) is 30.3 Å². The summed E-state index contributed by atoms with van der Waals surface area (Å²) in [6, 6.07) is 13.7. The average molecular weight is 564 g/mol. The molecule has 0 radical (unpaired) electrons. The number of piperazine rings is 1. The number of thiocarbonyl (C=S) groups is 1. The van der Waals surface area contributed by atoms with Crippen molar-refractivity contribution in [3.63, 3.8) is 0 Å². The number of ether oxygens (including phenoxy) is 1. The molecule has 2 aliphatic heterocycles. The minimum absolute atomic E-state index is 0.127. The number of aromatic nitrogens is 2. The molecule has 200 valence electrons. The van der Waals surface area contributed by atoms with Crippen LogP contribution in [0.5, 0.6) is 0 Å². The Morgan fingerprint density at radius 3 is 2.72 bits per heavy atom. The highest BCUT2D eigenvalue weighted by atomic mass is 32.2. The van der Waals surface area contributed by atoms with E-state index >= 15 is 0 Å². The molecule has 0 aliphatic carbocycles. The van der Waals surface area contributed by atoms with Crippen LogP contribution >= 0.6 is 24.0 Å². The molecule has 1 atom stereocenters. The molecule has 2 amide bonds. The minimum atomic E-state index is -0.935. The molecule has 12 heteroatoms. The van der Waals surface area contributed by atoms with Gasteiger partial charge in [0, 0.05) is 19.3 Å². The van der Waals surface area contributed by atoms with E-state index < -0.39 is 17.6 Å². The van der Waals surface area contributed by atoms with Crippen molar-refractivity contribution < 1.29 is 19.1 Å². The van der Waals surface area contributed by atoms with Gasteiger partial charge in [-0.15, -0.1) is 0 Å². The summed E-state index contributed by atoms with van der Waals surface area (Å²) in [5.74, 6) is -1.02. The van der Waals surface area contributed by atoms with Gasteiger partial charge in [0.15, 0.2) is 0 Å². The van der Waals surface area contributed by atoms with Gasteiger partial charge in [0.2, 0.25) is 5.91 Å². The lowest BCUT2D eigenvalue weighted by Crippen LogP contribution is -2.57. The molecule has 10 nitrogen and oxygen atoms in total. The van der Waals surface area contributed by atoms with Gasteiger partial charge < -0.3 is 15.0 Å². The van der Waals surface area contributed by atoms with Crippen LogP contribution in [-0.2, 0) is 25.7 Å². The average Bonchev–Trinajstić information content (AvgIpc) is 3.19. The fourth-order valence-corrected chi connectivity index (χ4v) is 5.76. The number of pyridine rings is 1. The number of amides is 2. The molecule has 39 heavy (non-hydrogen) atoms. The molecule has 1 N–H and O–H groups in total. The van der Waals surface area contributed by atoms with Crippen molar-refractivity contribution in [2.45, 2.75) is 25.9 Å². The second-order valence-electron chi connectivity index (χ2n) is 8.85. The molecule has 2 saturated heterocycles. The topological polar surface area (TPSA) is 113 Å². The molecule has 0 bridgehead atoms. The first-order chi connectivity index (χ1) is 18.9. The smallest absolute Gasteiger partial charge is 0.308 e. The maximum atomic E-state index is 13.7. The monoisotopic (exact) mass is 563 g/mol. The number of esters is 1. The van der Waals surface area contributed by atoms with E-state index in [2.05, 4.69) is 5.32 Å². The van der Waals surface area contributed by atoms with Gasteiger partial charge in [0.05, 0.1) is 30.0 Å². The van der Waals surface area contributed by atoms with E-state index in [1.165, 1.54) is 15.4 Å². The molecule has 2 aromatic heterocycles. The predicted molar refractivity (Wildman–Crippen MR) is 152 cm³/mol. The van der Waals surface area contributed by atoms with E-state index in [4.69, 9.17) is 21.9 Å². The van der Waals surface area contributed by atoms with Crippen LogP contribution in [0.1, 0.15) is 24.5 Å². The number of hydrogen-bond donors (Lipinski definition) is 1. The molecule has 2 fully saturated rings. The maximum absolute atomic E-state index is 13.7. The van der Waals surface area contributed by atoms with E-state index in [1.54, 1.807) is 36.2 Å². The number of nitrogens with one attached hydrogen (secondary N) is 1. The fraction of sp³-hybridized carbons (Fsp3) is 0.259. The Hall–Kier alpha value is -4.03. The summed E-state index contributed by atoms with van der Waals surface area (Å²) in [6.45, 7) is 2.78. The molecule has 0 saturated carbocycles. The minimum Gasteiger partial charge on any atom is -0.466 e. The zero-order chi connectivity index (χ0) is 27.5. The number of carbonyl (C=O) groups excluding carboxylic acids is 3. The number of fused-ring (bicyclic) bond motifs is 1. The summed E-state index contributed by atoms with van der Waals surface area (Å²) in [5, 5.41) is 2.77. The molecule has 2 aliphatic rings. The first-order valence-corrected chi connectivity index (χ1v) is 13.6. The molecule has 3 aromatic rings. The second kappa shape index (κ2) is 11.4. The molecule has 4 heterocycles. The van der Waals surface area contributed by atoms with Gasteiger partial charge in [0.25, 0.3) is 11.5 Å². The third-order valence-electron chi connectivity index (χ3n) is 6.35. The van der Waals surface area contributed by atoms with Crippen LogP contribution in [0, 0.1) is 0 Å². The van der Waals surface area contributed by atoms with Crippen molar-refractivity contribution in [3.05, 3.63) is 81.1 Å². The van der Waals surface area contributed by atoms with E-state index in [-0.39, 0.29) is 41.1 Å². The molecule has 1 unspecified atom stereocenters. The van der Waals surface area contributed by atoms with Gasteiger partial charge in [-0.05, 0) is 30.7 Å². The quantitative estimate of drug-likeness (QED) is 0.263. The van der Waals surface area contributed by atoms with Gasteiger partial charge >= 0.3 is 5.97 Å². The van der Waals surface area contributed by atoms with Crippen molar-refractivity contribution in [2.75, 3.05) is 24.6 Å². The number of nitrogens with zero attached hydrogens (tertiary/aromatic N) is 4. The van der Waals surface area contributed by atoms with Gasteiger partial charge in [-0.2, -0.15) is 0 Å². The molecule has 1 aromatic carbocycles.